The third-order valence-corrected chi connectivity index (χ3v) is 4.67. The van der Waals surface area contributed by atoms with Gasteiger partial charge in [0.1, 0.15) is 0 Å². The smallest absolute Gasteiger partial charge is 0.180 e. The van der Waals surface area contributed by atoms with Crippen LogP contribution in [-0.2, 0) is 12.2 Å². The molecule has 24 heavy (non-hydrogen) atoms. The van der Waals surface area contributed by atoms with Gasteiger partial charge in [-0.1, -0.05) is 77.9 Å². The molecule has 0 radical (unpaired) electrons. The maximum Gasteiger partial charge on any atom is 0.180 e. The predicted molar refractivity (Wildman–Crippen MR) is 110 cm³/mol. The Morgan fingerprint density at radius 2 is 1.71 bits per heavy atom. The van der Waals surface area contributed by atoms with Crippen LogP contribution in [0.5, 0.6) is 0 Å². The number of hydrogen-bond donors (Lipinski definition) is 1. The van der Waals surface area contributed by atoms with Crippen LogP contribution in [0.1, 0.15) is 30.5 Å². The van der Waals surface area contributed by atoms with Crippen molar-refractivity contribution in [1.82, 2.24) is 0 Å². The van der Waals surface area contributed by atoms with Gasteiger partial charge in [-0.2, -0.15) is 5.10 Å². The van der Waals surface area contributed by atoms with Crippen LogP contribution in [0.15, 0.2) is 63.2 Å². The van der Waals surface area contributed by atoms with Gasteiger partial charge in [0, 0.05) is 10.2 Å². The summed E-state index contributed by atoms with van der Waals surface area (Å²) in [7, 11) is 0. The van der Waals surface area contributed by atoms with Gasteiger partial charge >= 0.3 is 0 Å². The minimum Gasteiger partial charge on any atom is -0.377 e. The summed E-state index contributed by atoms with van der Waals surface area (Å²) in [4.78, 5) is 0. The van der Waals surface area contributed by atoms with Gasteiger partial charge in [-0.25, -0.2) is 0 Å². The van der Waals surface area contributed by atoms with Crippen LogP contribution in [0.4, 0.5) is 0 Å². The third kappa shape index (κ3) is 6.89. The lowest BCUT2D eigenvalue weighted by atomic mass is 10.0. The fourth-order valence-corrected chi connectivity index (χ4v) is 3.01. The molecular weight excluding hydrogens is 382 g/mol. The molecule has 126 valence electrons. The Kier molecular flexibility index (Phi) is 7.53. The Balaban J connectivity index is 1.84. The Hall–Kier alpha value is -1.59. The summed E-state index contributed by atoms with van der Waals surface area (Å²) in [5, 5.41) is 8.57. The van der Waals surface area contributed by atoms with E-state index in [9.17, 15) is 0 Å². The topological polar surface area (TPSA) is 50.7 Å². The maximum atomic E-state index is 5.88. The minimum absolute atomic E-state index is 0.464. The van der Waals surface area contributed by atoms with E-state index in [1.807, 2.05) is 12.1 Å². The lowest BCUT2D eigenvalue weighted by molar-refractivity contribution is 0.647. The molecule has 2 rings (SSSR count). The number of benzene rings is 2. The fraction of sp³-hybridized carbons (Fsp3) is 0.263. The molecule has 0 atom stereocenters. The number of thioether (sulfide) groups is 1. The molecule has 0 saturated carbocycles. The lowest BCUT2D eigenvalue weighted by Crippen LogP contribution is -2.06. The van der Waals surface area contributed by atoms with E-state index in [4.69, 9.17) is 5.73 Å². The monoisotopic (exact) mass is 403 g/mol. The maximum absolute atomic E-state index is 5.88. The summed E-state index contributed by atoms with van der Waals surface area (Å²) < 4.78 is 1.07. The SMILES string of the molecule is CC(C)Cc1ccc(C=NN=C(N)SCc2ccc(Br)cc2)cc1. The van der Waals surface area contributed by atoms with Crippen molar-refractivity contribution < 1.29 is 0 Å². The molecule has 0 spiro atoms. The van der Waals surface area contributed by atoms with E-state index < -0.39 is 0 Å². The van der Waals surface area contributed by atoms with Gasteiger partial charge in [0.15, 0.2) is 5.17 Å². The van der Waals surface area contributed by atoms with E-state index in [1.165, 1.54) is 22.9 Å². The second kappa shape index (κ2) is 9.64. The molecule has 0 amide bonds. The van der Waals surface area contributed by atoms with E-state index in [-0.39, 0.29) is 0 Å². The molecule has 0 heterocycles. The summed E-state index contributed by atoms with van der Waals surface area (Å²) in [5.41, 5.74) is 9.45. The molecule has 5 heteroatoms. The van der Waals surface area contributed by atoms with Gasteiger partial charge < -0.3 is 5.73 Å². The molecule has 0 aliphatic carbocycles. The number of nitrogens with zero attached hydrogens (tertiary/aromatic N) is 2. The summed E-state index contributed by atoms with van der Waals surface area (Å²) >= 11 is 4.90. The summed E-state index contributed by atoms with van der Waals surface area (Å²) in [6, 6.07) is 16.5. The van der Waals surface area contributed by atoms with Gasteiger partial charge in [0.05, 0.1) is 6.21 Å². The van der Waals surface area contributed by atoms with E-state index in [0.29, 0.717) is 11.1 Å². The fourth-order valence-electron chi connectivity index (χ4n) is 2.13. The first-order valence-electron chi connectivity index (χ1n) is 7.85. The molecule has 2 aromatic rings. The predicted octanol–water partition coefficient (Wildman–Crippen LogP) is 5.23. The van der Waals surface area contributed by atoms with Crippen molar-refractivity contribution in [2.75, 3.05) is 0 Å². The Morgan fingerprint density at radius 1 is 1.08 bits per heavy atom. The number of nitrogens with two attached hydrogens (primary N) is 1. The first kappa shape index (κ1) is 18.7. The highest BCUT2D eigenvalue weighted by Crippen LogP contribution is 2.16. The van der Waals surface area contributed by atoms with Gasteiger partial charge in [-0.15, -0.1) is 5.10 Å². The standard InChI is InChI=1S/C19H22BrN3S/c1-14(2)11-15-3-5-16(6-4-15)12-22-23-19(21)24-13-17-7-9-18(20)10-8-17/h3-10,12,14H,11,13H2,1-2H3,(H2,21,23). The van der Waals surface area contributed by atoms with Gasteiger partial charge in [0.2, 0.25) is 0 Å². The van der Waals surface area contributed by atoms with E-state index >= 15 is 0 Å². The molecule has 0 bridgehead atoms. The molecule has 0 aliphatic heterocycles. The average molecular weight is 404 g/mol. The number of amidine groups is 1. The number of hydrogen-bond acceptors (Lipinski definition) is 3. The van der Waals surface area contributed by atoms with Crippen molar-refractivity contribution in [1.29, 1.82) is 0 Å². The van der Waals surface area contributed by atoms with E-state index in [0.717, 1.165) is 22.2 Å². The molecule has 0 aromatic heterocycles. The molecule has 0 unspecified atom stereocenters. The van der Waals surface area contributed by atoms with Crippen LogP contribution >= 0.6 is 27.7 Å². The minimum atomic E-state index is 0.464. The zero-order chi connectivity index (χ0) is 17.4. The molecule has 3 nitrogen and oxygen atoms in total. The van der Waals surface area contributed by atoms with Crippen molar-refractivity contribution in [3.63, 3.8) is 0 Å². The molecule has 2 aromatic carbocycles. The highest BCUT2D eigenvalue weighted by molar-refractivity contribution is 9.10. The third-order valence-electron chi connectivity index (χ3n) is 3.29. The van der Waals surface area contributed by atoms with Crippen molar-refractivity contribution >= 4 is 39.1 Å². The van der Waals surface area contributed by atoms with Crippen molar-refractivity contribution in [3.05, 3.63) is 69.7 Å². The molecule has 2 N–H and O–H groups in total. The zero-order valence-corrected chi connectivity index (χ0v) is 16.3. The highest BCUT2D eigenvalue weighted by atomic mass is 79.9. The Morgan fingerprint density at radius 3 is 2.33 bits per heavy atom. The summed E-state index contributed by atoms with van der Waals surface area (Å²) in [6.07, 6.45) is 2.82. The normalized spacial score (nSPS) is 12.2. The second-order valence-corrected chi connectivity index (χ2v) is 7.85. The second-order valence-electron chi connectivity index (χ2n) is 5.94. The lowest BCUT2D eigenvalue weighted by Gasteiger charge is -2.04. The first-order chi connectivity index (χ1) is 11.5. The number of halogens is 1. The Bertz CT molecular complexity index is 692. The first-order valence-corrected chi connectivity index (χ1v) is 9.63. The Labute approximate surface area is 156 Å². The van der Waals surface area contributed by atoms with Crippen LogP contribution < -0.4 is 5.73 Å². The van der Waals surface area contributed by atoms with Crippen molar-refractivity contribution in [2.45, 2.75) is 26.0 Å². The van der Waals surface area contributed by atoms with Crippen LogP contribution in [0.3, 0.4) is 0 Å². The van der Waals surface area contributed by atoms with Crippen LogP contribution in [0, 0.1) is 5.92 Å². The highest BCUT2D eigenvalue weighted by Gasteiger charge is 1.98. The van der Waals surface area contributed by atoms with Gasteiger partial charge in [0.25, 0.3) is 0 Å². The van der Waals surface area contributed by atoms with Crippen molar-refractivity contribution in [2.24, 2.45) is 21.9 Å². The summed E-state index contributed by atoms with van der Waals surface area (Å²) in [5.74, 6) is 1.44. The molecule has 0 fully saturated rings. The van der Waals surface area contributed by atoms with Crippen molar-refractivity contribution in [3.8, 4) is 0 Å². The molecular formula is C19H22BrN3S. The van der Waals surface area contributed by atoms with Crippen LogP contribution in [-0.4, -0.2) is 11.4 Å². The zero-order valence-electron chi connectivity index (χ0n) is 13.9. The van der Waals surface area contributed by atoms with E-state index in [2.05, 4.69) is 76.4 Å². The number of rotatable bonds is 6. The molecule has 0 aliphatic rings. The van der Waals surface area contributed by atoms with Crippen LogP contribution in [0.25, 0.3) is 0 Å². The van der Waals surface area contributed by atoms with E-state index in [1.54, 1.807) is 6.21 Å². The average Bonchev–Trinajstić information content (AvgIpc) is 2.55. The molecule has 0 saturated heterocycles. The summed E-state index contributed by atoms with van der Waals surface area (Å²) in [6.45, 7) is 4.44. The quantitative estimate of drug-likeness (QED) is 0.407. The largest absolute Gasteiger partial charge is 0.377 e. The van der Waals surface area contributed by atoms with Gasteiger partial charge in [-0.05, 0) is 41.2 Å². The van der Waals surface area contributed by atoms with Gasteiger partial charge in [-0.3, -0.25) is 0 Å². The van der Waals surface area contributed by atoms with Crippen LogP contribution in [0.2, 0.25) is 0 Å².